The van der Waals surface area contributed by atoms with Gasteiger partial charge in [0.1, 0.15) is 5.75 Å². The molecule has 2 aromatic carbocycles. The first-order valence-corrected chi connectivity index (χ1v) is 8.02. The van der Waals surface area contributed by atoms with Crippen LogP contribution in [0.3, 0.4) is 0 Å². The molecule has 0 atom stereocenters. The van der Waals surface area contributed by atoms with Crippen LogP contribution in [0.25, 0.3) is 6.08 Å². The molecule has 0 aliphatic carbocycles. The van der Waals surface area contributed by atoms with Gasteiger partial charge in [0.15, 0.2) is 0 Å². The van der Waals surface area contributed by atoms with Crippen LogP contribution in [-0.4, -0.2) is 12.5 Å². The number of benzene rings is 2. The second-order valence-corrected chi connectivity index (χ2v) is 6.19. The van der Waals surface area contributed by atoms with E-state index < -0.39 is 0 Å². The minimum Gasteiger partial charge on any atom is -0.491 e. The fourth-order valence-electron chi connectivity index (χ4n) is 2.05. The van der Waals surface area contributed by atoms with Gasteiger partial charge in [-0.25, -0.2) is 0 Å². The van der Waals surface area contributed by atoms with Gasteiger partial charge < -0.3 is 15.8 Å². The summed E-state index contributed by atoms with van der Waals surface area (Å²) in [7, 11) is 0. The molecule has 0 aliphatic heterocycles. The summed E-state index contributed by atoms with van der Waals surface area (Å²) in [6.45, 7) is 6.79. The van der Waals surface area contributed by atoms with Gasteiger partial charge in [-0.2, -0.15) is 0 Å². The van der Waals surface area contributed by atoms with Crippen molar-refractivity contribution < 1.29 is 9.53 Å². The maximum absolute atomic E-state index is 11.9. The second kappa shape index (κ2) is 8.20. The zero-order chi connectivity index (χ0) is 17.5. The van der Waals surface area contributed by atoms with Crippen molar-refractivity contribution in [3.63, 3.8) is 0 Å². The molecule has 0 aromatic heterocycles. The van der Waals surface area contributed by atoms with Crippen LogP contribution in [0, 0.1) is 12.8 Å². The van der Waals surface area contributed by atoms with Crippen molar-refractivity contribution in [1.82, 2.24) is 0 Å². The molecule has 0 aliphatic rings. The van der Waals surface area contributed by atoms with E-state index in [9.17, 15) is 4.79 Å². The predicted octanol–water partition coefficient (Wildman–Crippen LogP) is 4.26. The number of rotatable bonds is 6. The molecule has 4 heteroatoms. The van der Waals surface area contributed by atoms with Crippen molar-refractivity contribution >= 4 is 23.4 Å². The van der Waals surface area contributed by atoms with Crippen molar-refractivity contribution in [1.29, 1.82) is 0 Å². The molecule has 3 N–H and O–H groups in total. The maximum atomic E-state index is 11.9. The molecular weight excluding hydrogens is 300 g/mol. The number of anilines is 2. The Morgan fingerprint density at radius 3 is 2.54 bits per heavy atom. The molecule has 0 spiro atoms. The van der Waals surface area contributed by atoms with Gasteiger partial charge in [0, 0.05) is 11.8 Å². The standard InChI is InChI=1S/C20H24N2O2/c1-14(2)13-24-19-10-6-16(12-18(19)21)7-11-20(23)22-17-8-4-15(3)5-9-17/h4-12,14H,13,21H2,1-3H3,(H,22,23)/b11-7-. The van der Waals surface area contributed by atoms with Gasteiger partial charge >= 0.3 is 0 Å². The monoisotopic (exact) mass is 324 g/mol. The quantitative estimate of drug-likeness (QED) is 0.616. The van der Waals surface area contributed by atoms with Crippen LogP contribution in [0.1, 0.15) is 25.0 Å². The fourth-order valence-corrected chi connectivity index (χ4v) is 2.05. The van der Waals surface area contributed by atoms with Crippen LogP contribution in [0.4, 0.5) is 11.4 Å². The van der Waals surface area contributed by atoms with E-state index in [1.165, 1.54) is 6.08 Å². The molecule has 0 radical (unpaired) electrons. The highest BCUT2D eigenvalue weighted by atomic mass is 16.5. The minimum atomic E-state index is -0.183. The summed E-state index contributed by atoms with van der Waals surface area (Å²) < 4.78 is 5.64. The highest BCUT2D eigenvalue weighted by molar-refractivity contribution is 6.02. The first-order chi connectivity index (χ1) is 11.4. The summed E-state index contributed by atoms with van der Waals surface area (Å²) in [4.78, 5) is 11.9. The van der Waals surface area contributed by atoms with E-state index in [0.717, 1.165) is 16.8 Å². The molecule has 24 heavy (non-hydrogen) atoms. The summed E-state index contributed by atoms with van der Waals surface area (Å²) >= 11 is 0. The number of nitrogens with two attached hydrogens (primary N) is 1. The van der Waals surface area contributed by atoms with Crippen molar-refractivity contribution in [2.45, 2.75) is 20.8 Å². The molecule has 0 unspecified atom stereocenters. The van der Waals surface area contributed by atoms with Gasteiger partial charge in [-0.1, -0.05) is 37.6 Å². The fraction of sp³-hybridized carbons (Fsp3) is 0.250. The third-order valence-corrected chi connectivity index (χ3v) is 3.35. The number of amides is 1. The number of carbonyl (C=O) groups excluding carboxylic acids is 1. The molecule has 4 nitrogen and oxygen atoms in total. The van der Waals surface area contributed by atoms with Gasteiger partial charge in [-0.15, -0.1) is 0 Å². The van der Waals surface area contributed by atoms with E-state index in [1.807, 2.05) is 43.3 Å². The molecule has 0 heterocycles. The van der Waals surface area contributed by atoms with E-state index in [0.29, 0.717) is 24.0 Å². The van der Waals surface area contributed by atoms with Crippen LogP contribution in [0.2, 0.25) is 0 Å². The van der Waals surface area contributed by atoms with Gasteiger partial charge in [0.2, 0.25) is 5.91 Å². The molecule has 2 rings (SSSR count). The van der Waals surface area contributed by atoms with Crippen molar-refractivity contribution in [2.75, 3.05) is 17.7 Å². The Balaban J connectivity index is 1.96. The smallest absolute Gasteiger partial charge is 0.248 e. The summed E-state index contributed by atoms with van der Waals surface area (Å²) in [5, 5.41) is 2.82. The normalized spacial score (nSPS) is 11.0. The topological polar surface area (TPSA) is 64.3 Å². The van der Waals surface area contributed by atoms with Crippen LogP contribution in [0.5, 0.6) is 5.75 Å². The lowest BCUT2D eigenvalue weighted by Crippen LogP contribution is -2.07. The zero-order valence-corrected chi connectivity index (χ0v) is 14.4. The molecule has 0 saturated carbocycles. The maximum Gasteiger partial charge on any atom is 0.248 e. The van der Waals surface area contributed by atoms with Gasteiger partial charge in [-0.05, 0) is 48.7 Å². The minimum absolute atomic E-state index is 0.183. The lowest BCUT2D eigenvalue weighted by Gasteiger charge is -2.11. The first-order valence-electron chi connectivity index (χ1n) is 8.02. The number of nitrogens with one attached hydrogen (secondary N) is 1. The van der Waals surface area contributed by atoms with Gasteiger partial charge in [0.05, 0.1) is 12.3 Å². The molecule has 0 fully saturated rings. The third-order valence-electron chi connectivity index (χ3n) is 3.35. The molecular formula is C20H24N2O2. The lowest BCUT2D eigenvalue weighted by molar-refractivity contribution is -0.111. The van der Waals surface area contributed by atoms with Gasteiger partial charge in [0.25, 0.3) is 0 Å². The van der Waals surface area contributed by atoms with Gasteiger partial charge in [-0.3, -0.25) is 4.79 Å². The summed E-state index contributed by atoms with van der Waals surface area (Å²) in [6, 6.07) is 13.2. The number of hydrogen-bond donors (Lipinski definition) is 2. The molecule has 1 amide bonds. The molecule has 126 valence electrons. The van der Waals surface area contributed by atoms with E-state index >= 15 is 0 Å². The Labute approximate surface area is 143 Å². The number of ether oxygens (including phenoxy) is 1. The van der Waals surface area contributed by atoms with Crippen molar-refractivity contribution in [3.8, 4) is 5.75 Å². The van der Waals surface area contributed by atoms with Crippen molar-refractivity contribution in [3.05, 3.63) is 59.7 Å². The van der Waals surface area contributed by atoms with Crippen LogP contribution >= 0.6 is 0 Å². The van der Waals surface area contributed by atoms with E-state index in [2.05, 4.69) is 19.2 Å². The summed E-state index contributed by atoms with van der Waals surface area (Å²) in [5.41, 5.74) is 9.33. The molecule has 2 aromatic rings. The molecule has 0 bridgehead atoms. The second-order valence-electron chi connectivity index (χ2n) is 6.19. The zero-order valence-electron chi connectivity index (χ0n) is 14.4. The number of aryl methyl sites for hydroxylation is 1. The average molecular weight is 324 g/mol. The summed E-state index contributed by atoms with van der Waals surface area (Å²) in [6.07, 6.45) is 3.22. The number of hydrogen-bond acceptors (Lipinski definition) is 3. The predicted molar refractivity (Wildman–Crippen MR) is 100 cm³/mol. The van der Waals surface area contributed by atoms with E-state index in [4.69, 9.17) is 10.5 Å². The highest BCUT2D eigenvalue weighted by Gasteiger charge is 2.03. The Bertz CT molecular complexity index is 719. The van der Waals surface area contributed by atoms with Crippen LogP contribution < -0.4 is 15.8 Å². The Morgan fingerprint density at radius 1 is 1.21 bits per heavy atom. The number of nitrogen functional groups attached to an aromatic ring is 1. The lowest BCUT2D eigenvalue weighted by atomic mass is 10.1. The summed E-state index contributed by atoms with van der Waals surface area (Å²) in [5.74, 6) is 0.928. The van der Waals surface area contributed by atoms with E-state index in [-0.39, 0.29) is 5.91 Å². The number of carbonyl (C=O) groups is 1. The highest BCUT2D eigenvalue weighted by Crippen LogP contribution is 2.23. The Morgan fingerprint density at radius 2 is 1.92 bits per heavy atom. The average Bonchev–Trinajstić information content (AvgIpc) is 2.54. The first kappa shape index (κ1) is 17.6. The van der Waals surface area contributed by atoms with Crippen LogP contribution in [0.15, 0.2) is 48.5 Å². The Hall–Kier alpha value is -2.75. The van der Waals surface area contributed by atoms with Crippen LogP contribution in [-0.2, 0) is 4.79 Å². The molecule has 0 saturated heterocycles. The van der Waals surface area contributed by atoms with Crippen molar-refractivity contribution in [2.24, 2.45) is 5.92 Å². The third kappa shape index (κ3) is 5.47. The van der Waals surface area contributed by atoms with E-state index in [1.54, 1.807) is 12.1 Å². The SMILES string of the molecule is Cc1ccc(NC(=O)/C=C\c2ccc(OCC(C)C)c(N)c2)cc1. The largest absolute Gasteiger partial charge is 0.491 e. The Kier molecular flexibility index (Phi) is 6.01.